The molecule has 0 bridgehead atoms. The Labute approximate surface area is 148 Å². The van der Waals surface area contributed by atoms with Gasteiger partial charge in [-0.15, -0.1) is 11.3 Å². The SMILES string of the molecule is Cc1nc(C(C)NC(=O)CN2Cc3ccccc3C2=O)sc1C(=O)O. The number of aromatic nitrogens is 1. The molecule has 0 spiro atoms. The molecule has 1 aromatic carbocycles. The van der Waals surface area contributed by atoms with Crippen LogP contribution < -0.4 is 5.32 Å². The van der Waals surface area contributed by atoms with Gasteiger partial charge >= 0.3 is 5.97 Å². The lowest BCUT2D eigenvalue weighted by Gasteiger charge is -2.17. The summed E-state index contributed by atoms with van der Waals surface area (Å²) in [6.45, 7) is 3.73. The molecule has 3 rings (SSSR count). The van der Waals surface area contributed by atoms with Gasteiger partial charge in [0, 0.05) is 12.1 Å². The fraction of sp³-hybridized carbons (Fsp3) is 0.294. The Morgan fingerprint density at radius 1 is 1.40 bits per heavy atom. The third kappa shape index (κ3) is 3.39. The number of thiazole rings is 1. The summed E-state index contributed by atoms with van der Waals surface area (Å²) in [5.41, 5.74) is 1.97. The Morgan fingerprint density at radius 2 is 2.12 bits per heavy atom. The molecule has 8 heteroatoms. The van der Waals surface area contributed by atoms with Crippen molar-refractivity contribution in [2.24, 2.45) is 0 Å². The van der Waals surface area contributed by atoms with Gasteiger partial charge in [0.25, 0.3) is 5.91 Å². The zero-order chi connectivity index (χ0) is 18.1. The molecule has 2 heterocycles. The van der Waals surface area contributed by atoms with Crippen molar-refractivity contribution in [3.8, 4) is 0 Å². The van der Waals surface area contributed by atoms with E-state index in [1.807, 2.05) is 12.1 Å². The molecule has 0 fully saturated rings. The van der Waals surface area contributed by atoms with Crippen LogP contribution in [0.1, 0.15) is 49.3 Å². The normalized spacial score (nSPS) is 14.3. The minimum Gasteiger partial charge on any atom is -0.477 e. The van der Waals surface area contributed by atoms with Crippen LogP contribution in [0.3, 0.4) is 0 Å². The predicted molar refractivity (Wildman–Crippen MR) is 91.6 cm³/mol. The molecule has 1 atom stereocenters. The molecule has 25 heavy (non-hydrogen) atoms. The molecule has 0 saturated heterocycles. The van der Waals surface area contributed by atoms with Gasteiger partial charge in [-0.1, -0.05) is 18.2 Å². The second-order valence-electron chi connectivity index (χ2n) is 5.88. The molecular formula is C17H17N3O4S. The van der Waals surface area contributed by atoms with Crippen molar-refractivity contribution in [3.05, 3.63) is 51.0 Å². The minimum atomic E-state index is -1.03. The minimum absolute atomic E-state index is 0.0476. The first kappa shape index (κ1) is 17.1. The number of carboxylic acid groups (broad SMARTS) is 1. The van der Waals surface area contributed by atoms with Gasteiger partial charge in [0.05, 0.1) is 11.7 Å². The molecule has 130 valence electrons. The fourth-order valence-electron chi connectivity index (χ4n) is 2.77. The highest BCUT2D eigenvalue weighted by Crippen LogP contribution is 2.24. The standard InChI is InChI=1S/C17H17N3O4S/c1-9-14(17(23)24)25-15(19-9)10(2)18-13(21)8-20-7-11-5-3-4-6-12(11)16(20)22/h3-6,10H,7-8H2,1-2H3,(H,18,21)(H,23,24). The molecule has 2 aromatic rings. The van der Waals surface area contributed by atoms with Crippen LogP contribution in [0.5, 0.6) is 0 Å². The molecule has 0 saturated carbocycles. The summed E-state index contributed by atoms with van der Waals surface area (Å²) in [5, 5.41) is 12.4. The van der Waals surface area contributed by atoms with Gasteiger partial charge in [0.15, 0.2) is 0 Å². The maximum atomic E-state index is 12.3. The van der Waals surface area contributed by atoms with Crippen LogP contribution in [0.4, 0.5) is 0 Å². The highest BCUT2D eigenvalue weighted by Gasteiger charge is 2.29. The monoisotopic (exact) mass is 359 g/mol. The fourth-order valence-corrected chi connectivity index (χ4v) is 3.67. The van der Waals surface area contributed by atoms with Crippen molar-refractivity contribution < 1.29 is 19.5 Å². The summed E-state index contributed by atoms with van der Waals surface area (Å²) in [7, 11) is 0. The van der Waals surface area contributed by atoms with Gasteiger partial charge in [-0.2, -0.15) is 0 Å². The van der Waals surface area contributed by atoms with Crippen LogP contribution >= 0.6 is 11.3 Å². The van der Waals surface area contributed by atoms with Crippen molar-refractivity contribution in [3.63, 3.8) is 0 Å². The Hall–Kier alpha value is -2.74. The van der Waals surface area contributed by atoms with E-state index in [4.69, 9.17) is 5.11 Å². The van der Waals surface area contributed by atoms with E-state index in [0.29, 0.717) is 22.8 Å². The van der Waals surface area contributed by atoms with Crippen LogP contribution in [0.2, 0.25) is 0 Å². The number of benzene rings is 1. The molecule has 1 aliphatic heterocycles. The van der Waals surface area contributed by atoms with Crippen LogP contribution in [0.25, 0.3) is 0 Å². The summed E-state index contributed by atoms with van der Waals surface area (Å²) < 4.78 is 0. The van der Waals surface area contributed by atoms with Crippen molar-refractivity contribution >= 4 is 29.1 Å². The topological polar surface area (TPSA) is 99.6 Å². The zero-order valence-corrected chi connectivity index (χ0v) is 14.6. The largest absolute Gasteiger partial charge is 0.477 e. The smallest absolute Gasteiger partial charge is 0.347 e. The molecule has 0 radical (unpaired) electrons. The second-order valence-corrected chi connectivity index (χ2v) is 6.91. The highest BCUT2D eigenvalue weighted by atomic mass is 32.1. The molecule has 1 aromatic heterocycles. The molecule has 0 aliphatic carbocycles. The highest BCUT2D eigenvalue weighted by molar-refractivity contribution is 7.13. The van der Waals surface area contributed by atoms with Crippen LogP contribution in [0.15, 0.2) is 24.3 Å². The lowest BCUT2D eigenvalue weighted by atomic mass is 10.1. The van der Waals surface area contributed by atoms with E-state index in [1.54, 1.807) is 26.0 Å². The molecule has 2 amide bonds. The number of carboxylic acids is 1. The average molecular weight is 359 g/mol. The molecular weight excluding hydrogens is 342 g/mol. The zero-order valence-electron chi connectivity index (χ0n) is 13.8. The first-order chi connectivity index (χ1) is 11.9. The number of fused-ring (bicyclic) bond motifs is 1. The maximum absolute atomic E-state index is 12.3. The second kappa shape index (κ2) is 6.64. The van der Waals surface area contributed by atoms with Crippen molar-refractivity contribution in [2.75, 3.05) is 6.54 Å². The van der Waals surface area contributed by atoms with E-state index >= 15 is 0 Å². The number of rotatable bonds is 5. The number of hydrogen-bond acceptors (Lipinski definition) is 5. The number of carbonyl (C=O) groups is 3. The number of aryl methyl sites for hydroxylation is 1. The third-order valence-electron chi connectivity index (χ3n) is 3.99. The van der Waals surface area contributed by atoms with Crippen molar-refractivity contribution in [1.82, 2.24) is 15.2 Å². The van der Waals surface area contributed by atoms with E-state index in [-0.39, 0.29) is 23.2 Å². The van der Waals surface area contributed by atoms with Crippen LogP contribution in [0, 0.1) is 6.92 Å². The summed E-state index contributed by atoms with van der Waals surface area (Å²) in [5.74, 6) is -1.49. The summed E-state index contributed by atoms with van der Waals surface area (Å²) in [6.07, 6.45) is 0. The maximum Gasteiger partial charge on any atom is 0.347 e. The van der Waals surface area contributed by atoms with Crippen LogP contribution in [-0.4, -0.2) is 39.3 Å². The molecule has 2 N–H and O–H groups in total. The van der Waals surface area contributed by atoms with Crippen LogP contribution in [-0.2, 0) is 11.3 Å². The first-order valence-corrected chi connectivity index (χ1v) is 8.55. The Kier molecular flexibility index (Phi) is 4.54. The lowest BCUT2D eigenvalue weighted by Crippen LogP contribution is -2.38. The molecule has 1 unspecified atom stereocenters. The van der Waals surface area contributed by atoms with E-state index in [2.05, 4.69) is 10.3 Å². The van der Waals surface area contributed by atoms with Gasteiger partial charge in [-0.25, -0.2) is 9.78 Å². The van der Waals surface area contributed by atoms with Gasteiger partial charge < -0.3 is 15.3 Å². The number of nitrogens with zero attached hydrogens (tertiary/aromatic N) is 2. The lowest BCUT2D eigenvalue weighted by molar-refractivity contribution is -0.122. The quantitative estimate of drug-likeness (QED) is 0.850. The van der Waals surface area contributed by atoms with E-state index < -0.39 is 12.0 Å². The Balaban J connectivity index is 1.63. The molecule has 7 nitrogen and oxygen atoms in total. The van der Waals surface area contributed by atoms with Gasteiger partial charge in [0.2, 0.25) is 5.91 Å². The summed E-state index contributed by atoms with van der Waals surface area (Å²) >= 11 is 1.04. The summed E-state index contributed by atoms with van der Waals surface area (Å²) in [6, 6.07) is 6.86. The van der Waals surface area contributed by atoms with E-state index in [0.717, 1.165) is 16.9 Å². The number of hydrogen-bond donors (Lipinski definition) is 2. The third-order valence-corrected chi connectivity index (χ3v) is 5.31. The number of nitrogens with one attached hydrogen (secondary N) is 1. The van der Waals surface area contributed by atoms with Crippen molar-refractivity contribution in [1.29, 1.82) is 0 Å². The van der Waals surface area contributed by atoms with Gasteiger partial charge in [-0.05, 0) is 25.5 Å². The summed E-state index contributed by atoms with van der Waals surface area (Å²) in [4.78, 5) is 41.5. The van der Waals surface area contributed by atoms with Crippen molar-refractivity contribution in [2.45, 2.75) is 26.4 Å². The molecule has 1 aliphatic rings. The van der Waals surface area contributed by atoms with E-state index in [9.17, 15) is 14.4 Å². The Morgan fingerprint density at radius 3 is 2.76 bits per heavy atom. The Bertz CT molecular complexity index is 861. The van der Waals surface area contributed by atoms with Gasteiger partial charge in [0.1, 0.15) is 16.4 Å². The van der Waals surface area contributed by atoms with Gasteiger partial charge in [-0.3, -0.25) is 9.59 Å². The van der Waals surface area contributed by atoms with E-state index in [1.165, 1.54) is 4.90 Å². The predicted octanol–water partition coefficient (Wildman–Crippen LogP) is 1.98. The number of amides is 2. The number of carbonyl (C=O) groups excluding carboxylic acids is 2. The first-order valence-electron chi connectivity index (χ1n) is 7.74. The average Bonchev–Trinajstić information content (AvgIpc) is 3.09. The number of aromatic carboxylic acids is 1.